The Labute approximate surface area is 216 Å². The fraction of sp³-hybridized carbons (Fsp3) is 0.345. The molecule has 5 rings (SSSR count). The Kier molecular flexibility index (Phi) is 7.78. The molecule has 0 saturated heterocycles. The zero-order valence-electron chi connectivity index (χ0n) is 20.9. The molecule has 0 N–H and O–H groups in total. The summed E-state index contributed by atoms with van der Waals surface area (Å²) in [5.41, 5.74) is 4.98. The zero-order chi connectivity index (χ0) is 24.9. The molecule has 0 unspecified atom stereocenters. The predicted octanol–water partition coefficient (Wildman–Crippen LogP) is 6.66. The Hall–Kier alpha value is -3.03. The van der Waals surface area contributed by atoms with Crippen molar-refractivity contribution in [2.45, 2.75) is 50.4 Å². The number of thioether (sulfide) groups is 1. The molecule has 0 spiro atoms. The molecule has 0 radical (unpaired) electrons. The molecule has 1 aliphatic heterocycles. The normalized spacial score (nSPS) is 14.9. The van der Waals surface area contributed by atoms with Crippen LogP contribution in [-0.4, -0.2) is 43.8 Å². The topological polar surface area (TPSA) is 46.8 Å². The molecule has 5 nitrogen and oxygen atoms in total. The van der Waals surface area contributed by atoms with Gasteiger partial charge in [0.15, 0.2) is 5.16 Å². The second-order valence-corrected chi connectivity index (χ2v) is 10.1. The van der Waals surface area contributed by atoms with Gasteiger partial charge in [-0.25, -0.2) is 19.3 Å². The van der Waals surface area contributed by atoms with Crippen molar-refractivity contribution in [3.8, 4) is 22.6 Å². The number of unbranched alkanes of at least 4 members (excludes halogenated alkanes) is 1. The molecule has 0 fully saturated rings. The Morgan fingerprint density at radius 2 is 1.86 bits per heavy atom. The summed E-state index contributed by atoms with van der Waals surface area (Å²) in [7, 11) is 0. The molecule has 1 aliphatic rings. The maximum Gasteiger partial charge on any atom is 0.187 e. The molecule has 0 bridgehead atoms. The van der Waals surface area contributed by atoms with Gasteiger partial charge in [0.2, 0.25) is 0 Å². The Morgan fingerprint density at radius 3 is 2.61 bits per heavy atom. The van der Waals surface area contributed by atoms with Gasteiger partial charge in [0.05, 0.1) is 17.1 Å². The van der Waals surface area contributed by atoms with Gasteiger partial charge in [-0.15, -0.1) is 0 Å². The van der Waals surface area contributed by atoms with E-state index in [-0.39, 0.29) is 5.82 Å². The van der Waals surface area contributed by atoms with E-state index in [1.807, 2.05) is 30.7 Å². The molecular formula is C29H32FN5S. The van der Waals surface area contributed by atoms with E-state index in [4.69, 9.17) is 9.97 Å². The number of nitrogens with zero attached hydrogens (tertiary/aromatic N) is 5. The van der Waals surface area contributed by atoms with Crippen LogP contribution in [0.2, 0.25) is 0 Å². The number of aryl methyl sites for hydroxylation is 1. The van der Waals surface area contributed by atoms with Crippen molar-refractivity contribution in [3.63, 3.8) is 0 Å². The fourth-order valence-electron chi connectivity index (χ4n) is 5.03. The first-order valence-electron chi connectivity index (χ1n) is 12.7. The fourth-order valence-corrected chi connectivity index (χ4v) is 5.38. The highest BCUT2D eigenvalue weighted by Gasteiger charge is 2.32. The minimum absolute atomic E-state index is 0.246. The lowest BCUT2D eigenvalue weighted by Gasteiger charge is -2.27. The quantitative estimate of drug-likeness (QED) is 0.180. The van der Waals surface area contributed by atoms with Crippen molar-refractivity contribution in [3.05, 3.63) is 84.1 Å². The van der Waals surface area contributed by atoms with Gasteiger partial charge >= 0.3 is 0 Å². The molecular weight excluding hydrogens is 469 g/mol. The highest BCUT2D eigenvalue weighted by atomic mass is 32.2. The SMILES string of the molecule is CCCCN(Cc1ccccc1)C[C@@H]1CCc2nc(-c3ccc(F)cc3)c(-c3ccnc(SC)n3)n21. The van der Waals surface area contributed by atoms with Crippen molar-refractivity contribution in [1.29, 1.82) is 0 Å². The maximum absolute atomic E-state index is 13.7. The summed E-state index contributed by atoms with van der Waals surface area (Å²) in [6, 6.07) is 19.6. The van der Waals surface area contributed by atoms with Crippen LogP contribution >= 0.6 is 11.8 Å². The monoisotopic (exact) mass is 501 g/mol. The van der Waals surface area contributed by atoms with Crippen LogP contribution in [-0.2, 0) is 13.0 Å². The molecule has 1 atom stereocenters. The average Bonchev–Trinajstić information content (AvgIpc) is 3.48. The first-order valence-corrected chi connectivity index (χ1v) is 13.9. The van der Waals surface area contributed by atoms with E-state index in [9.17, 15) is 4.39 Å². The van der Waals surface area contributed by atoms with E-state index in [0.717, 1.165) is 66.1 Å². The van der Waals surface area contributed by atoms with E-state index in [2.05, 4.69) is 51.7 Å². The molecule has 0 amide bonds. The van der Waals surface area contributed by atoms with Gasteiger partial charge in [-0.1, -0.05) is 55.4 Å². The van der Waals surface area contributed by atoms with Crippen LogP contribution in [0.15, 0.2) is 72.0 Å². The third-order valence-electron chi connectivity index (χ3n) is 6.77. The van der Waals surface area contributed by atoms with Crippen LogP contribution in [0.3, 0.4) is 0 Å². The maximum atomic E-state index is 13.7. The van der Waals surface area contributed by atoms with Crippen molar-refractivity contribution >= 4 is 11.8 Å². The second-order valence-electron chi connectivity index (χ2n) is 9.30. The van der Waals surface area contributed by atoms with Crippen LogP contribution in [0.4, 0.5) is 4.39 Å². The summed E-state index contributed by atoms with van der Waals surface area (Å²) >= 11 is 1.53. The van der Waals surface area contributed by atoms with Gasteiger partial charge in [-0.05, 0) is 61.5 Å². The van der Waals surface area contributed by atoms with Crippen LogP contribution in [0.1, 0.15) is 43.6 Å². The highest BCUT2D eigenvalue weighted by molar-refractivity contribution is 7.98. The van der Waals surface area contributed by atoms with Crippen LogP contribution in [0.25, 0.3) is 22.6 Å². The standard InChI is InChI=1S/C29H32FN5S/c1-3-4-18-34(19-21-8-6-5-7-9-21)20-24-14-15-26-33-27(22-10-12-23(30)13-11-22)28(35(24)26)25-16-17-31-29(32-25)36-2/h5-13,16-17,24H,3-4,14-15,18-20H2,1-2H3/t24-/m0/s1. The molecule has 4 aromatic rings. The average molecular weight is 502 g/mol. The molecule has 0 saturated carbocycles. The van der Waals surface area contributed by atoms with Crippen molar-refractivity contribution in [1.82, 2.24) is 24.4 Å². The lowest BCUT2D eigenvalue weighted by atomic mass is 10.1. The first kappa shape index (κ1) is 24.7. The number of rotatable bonds is 10. The zero-order valence-corrected chi connectivity index (χ0v) is 21.7. The van der Waals surface area contributed by atoms with E-state index in [0.29, 0.717) is 6.04 Å². The molecule has 7 heteroatoms. The predicted molar refractivity (Wildman–Crippen MR) is 144 cm³/mol. The molecule has 186 valence electrons. The van der Waals surface area contributed by atoms with Crippen LogP contribution in [0, 0.1) is 5.82 Å². The molecule has 0 aliphatic carbocycles. The van der Waals surface area contributed by atoms with Crippen LogP contribution < -0.4 is 0 Å². The van der Waals surface area contributed by atoms with Gasteiger partial charge in [0.25, 0.3) is 0 Å². The first-order chi connectivity index (χ1) is 17.7. The Morgan fingerprint density at radius 1 is 1.06 bits per heavy atom. The molecule has 2 aromatic heterocycles. The minimum Gasteiger partial charge on any atom is -0.322 e. The summed E-state index contributed by atoms with van der Waals surface area (Å²) in [6.45, 7) is 5.20. The summed E-state index contributed by atoms with van der Waals surface area (Å²) in [5, 5.41) is 0.733. The number of halogens is 1. The summed E-state index contributed by atoms with van der Waals surface area (Å²) in [5.74, 6) is 0.831. The molecule has 2 aromatic carbocycles. The minimum atomic E-state index is -0.246. The highest BCUT2D eigenvalue weighted by Crippen LogP contribution is 2.39. The summed E-state index contributed by atoms with van der Waals surface area (Å²) in [6.07, 6.45) is 8.12. The van der Waals surface area contributed by atoms with Gasteiger partial charge < -0.3 is 4.57 Å². The van der Waals surface area contributed by atoms with E-state index in [1.54, 1.807) is 0 Å². The van der Waals surface area contributed by atoms with E-state index < -0.39 is 0 Å². The van der Waals surface area contributed by atoms with Crippen molar-refractivity contribution < 1.29 is 4.39 Å². The molecule has 36 heavy (non-hydrogen) atoms. The Balaban J connectivity index is 1.54. The summed E-state index contributed by atoms with van der Waals surface area (Å²) in [4.78, 5) is 16.9. The van der Waals surface area contributed by atoms with Gasteiger partial charge in [-0.2, -0.15) is 0 Å². The number of hydrogen-bond acceptors (Lipinski definition) is 5. The lowest BCUT2D eigenvalue weighted by Crippen LogP contribution is -2.30. The number of fused-ring (bicyclic) bond motifs is 1. The van der Waals surface area contributed by atoms with Crippen molar-refractivity contribution in [2.75, 3.05) is 19.3 Å². The van der Waals surface area contributed by atoms with Gasteiger partial charge in [0, 0.05) is 37.3 Å². The number of imidazole rings is 1. The van der Waals surface area contributed by atoms with Gasteiger partial charge in [-0.3, -0.25) is 4.90 Å². The van der Waals surface area contributed by atoms with Gasteiger partial charge in [0.1, 0.15) is 11.6 Å². The number of aromatic nitrogens is 4. The third-order valence-corrected chi connectivity index (χ3v) is 7.33. The van der Waals surface area contributed by atoms with E-state index in [1.165, 1.54) is 42.3 Å². The Bertz CT molecular complexity index is 1290. The molecule has 3 heterocycles. The summed E-state index contributed by atoms with van der Waals surface area (Å²) < 4.78 is 16.1. The second kappa shape index (κ2) is 11.4. The van der Waals surface area contributed by atoms with Crippen LogP contribution in [0.5, 0.6) is 0 Å². The number of hydrogen-bond donors (Lipinski definition) is 0. The lowest BCUT2D eigenvalue weighted by molar-refractivity contribution is 0.223. The third kappa shape index (κ3) is 5.37. The van der Waals surface area contributed by atoms with E-state index >= 15 is 0 Å². The van der Waals surface area contributed by atoms with Crippen molar-refractivity contribution in [2.24, 2.45) is 0 Å². The smallest absolute Gasteiger partial charge is 0.187 e. The number of benzene rings is 2. The largest absolute Gasteiger partial charge is 0.322 e.